The minimum Gasteiger partial charge on any atom is -0.481 e. The van der Waals surface area contributed by atoms with E-state index in [1.54, 1.807) is 0 Å². The first-order valence-corrected chi connectivity index (χ1v) is 5.21. The van der Waals surface area contributed by atoms with Gasteiger partial charge < -0.3 is 5.11 Å². The molecule has 0 aromatic carbocycles. The van der Waals surface area contributed by atoms with E-state index in [2.05, 4.69) is 4.74 Å². The lowest BCUT2D eigenvalue weighted by molar-refractivity contribution is -0.325. The van der Waals surface area contributed by atoms with Crippen LogP contribution in [0.15, 0.2) is 0 Å². The highest BCUT2D eigenvalue weighted by molar-refractivity contribution is 5.76. The van der Waals surface area contributed by atoms with E-state index in [1.807, 2.05) is 0 Å². The fraction of sp³-hybridized carbons (Fsp3) is 0.889. The molecule has 1 unspecified atom stereocenters. The number of likely N-dealkylation sites (tertiary alicyclic amines) is 1. The number of ether oxygens (including phenoxy) is 1. The maximum Gasteiger partial charge on any atom is 0.522 e. The van der Waals surface area contributed by atoms with Crippen molar-refractivity contribution in [1.82, 2.24) is 4.90 Å². The average molecular weight is 295 g/mol. The Bertz CT molecular complexity index is 342. The largest absolute Gasteiger partial charge is 0.522 e. The zero-order chi connectivity index (χ0) is 14.9. The summed E-state index contributed by atoms with van der Waals surface area (Å²) in [7, 11) is 0. The number of nitrogens with zero attached hydrogens (tertiary/aromatic N) is 1. The number of rotatable bonds is 4. The van der Waals surface area contributed by atoms with Crippen LogP contribution in [0.1, 0.15) is 6.42 Å². The molecule has 0 bridgehead atoms. The highest BCUT2D eigenvalue weighted by Crippen LogP contribution is 2.45. The van der Waals surface area contributed by atoms with Crippen LogP contribution in [0, 0.1) is 5.41 Å². The van der Waals surface area contributed by atoms with Crippen molar-refractivity contribution in [3.63, 3.8) is 0 Å². The van der Waals surface area contributed by atoms with Gasteiger partial charge in [0.1, 0.15) is 0 Å². The predicted octanol–water partition coefficient (Wildman–Crippen LogP) is 1.86. The number of hydrogen-bond donors (Lipinski definition) is 1. The summed E-state index contributed by atoms with van der Waals surface area (Å²) in [6.07, 6.45) is -10.5. The zero-order valence-corrected chi connectivity index (χ0v) is 9.51. The summed E-state index contributed by atoms with van der Waals surface area (Å²) in [4.78, 5) is 11.8. The van der Waals surface area contributed by atoms with Crippen LogP contribution in [0.3, 0.4) is 0 Å². The third kappa shape index (κ3) is 3.72. The second-order valence-corrected chi connectivity index (χ2v) is 4.21. The SMILES string of the molecule is O=C(O)C1(C(F)(F)F)CCN(CCOC(F)(F)F)C1. The first-order chi connectivity index (χ1) is 8.48. The molecule has 1 saturated heterocycles. The van der Waals surface area contributed by atoms with E-state index in [0.717, 1.165) is 4.90 Å². The molecule has 19 heavy (non-hydrogen) atoms. The molecule has 0 aliphatic carbocycles. The summed E-state index contributed by atoms with van der Waals surface area (Å²) in [5.74, 6) is -2.01. The van der Waals surface area contributed by atoms with E-state index >= 15 is 0 Å². The molecule has 0 spiro atoms. The summed E-state index contributed by atoms with van der Waals surface area (Å²) in [6.45, 7) is -2.36. The molecule has 0 aromatic heterocycles. The topological polar surface area (TPSA) is 49.8 Å². The van der Waals surface area contributed by atoms with Crippen LogP contribution in [0.5, 0.6) is 0 Å². The molecule has 1 aliphatic heterocycles. The molecule has 4 nitrogen and oxygen atoms in total. The highest BCUT2D eigenvalue weighted by Gasteiger charge is 2.63. The van der Waals surface area contributed by atoms with Gasteiger partial charge in [-0.05, 0) is 13.0 Å². The summed E-state index contributed by atoms with van der Waals surface area (Å²) in [5, 5.41) is 8.71. The summed E-state index contributed by atoms with van der Waals surface area (Å²) in [6, 6.07) is 0. The number of carboxylic acids is 1. The van der Waals surface area contributed by atoms with Crippen molar-refractivity contribution in [3.05, 3.63) is 0 Å². The molecule has 1 N–H and O–H groups in total. The second kappa shape index (κ2) is 5.16. The zero-order valence-electron chi connectivity index (χ0n) is 9.51. The van der Waals surface area contributed by atoms with Crippen LogP contribution in [0.25, 0.3) is 0 Å². The molecule has 1 aliphatic rings. The lowest BCUT2D eigenvalue weighted by Crippen LogP contribution is -2.47. The Hall–Kier alpha value is -1.03. The lowest BCUT2D eigenvalue weighted by Gasteiger charge is -2.27. The minimum absolute atomic E-state index is 0.243. The van der Waals surface area contributed by atoms with Crippen LogP contribution in [-0.4, -0.2) is 54.8 Å². The van der Waals surface area contributed by atoms with Crippen molar-refractivity contribution in [2.45, 2.75) is 19.0 Å². The fourth-order valence-electron chi connectivity index (χ4n) is 1.90. The van der Waals surface area contributed by atoms with E-state index in [9.17, 15) is 31.1 Å². The average Bonchev–Trinajstić information content (AvgIpc) is 2.60. The van der Waals surface area contributed by atoms with Crippen molar-refractivity contribution < 1.29 is 41.0 Å². The van der Waals surface area contributed by atoms with Crippen LogP contribution in [0.4, 0.5) is 26.3 Å². The molecule has 112 valence electrons. The summed E-state index contributed by atoms with van der Waals surface area (Å²) >= 11 is 0. The van der Waals surface area contributed by atoms with Gasteiger partial charge in [-0.3, -0.25) is 14.4 Å². The van der Waals surface area contributed by atoms with Crippen molar-refractivity contribution in [1.29, 1.82) is 0 Å². The van der Waals surface area contributed by atoms with Gasteiger partial charge >= 0.3 is 18.5 Å². The Morgan fingerprint density at radius 1 is 1.26 bits per heavy atom. The molecule has 1 heterocycles. The van der Waals surface area contributed by atoms with Gasteiger partial charge in [-0.1, -0.05) is 0 Å². The number of aliphatic carboxylic acids is 1. The van der Waals surface area contributed by atoms with Crippen LogP contribution in [0.2, 0.25) is 0 Å². The Morgan fingerprint density at radius 2 is 1.84 bits per heavy atom. The Morgan fingerprint density at radius 3 is 2.21 bits per heavy atom. The van der Waals surface area contributed by atoms with E-state index < -0.39 is 50.0 Å². The minimum atomic E-state index is -4.95. The van der Waals surface area contributed by atoms with Crippen LogP contribution < -0.4 is 0 Å². The van der Waals surface area contributed by atoms with Gasteiger partial charge in [0.25, 0.3) is 0 Å². The van der Waals surface area contributed by atoms with Crippen molar-refractivity contribution in [2.75, 3.05) is 26.2 Å². The molecule has 1 rings (SSSR count). The van der Waals surface area contributed by atoms with Gasteiger partial charge in [0.15, 0.2) is 5.41 Å². The van der Waals surface area contributed by atoms with Gasteiger partial charge in [0.2, 0.25) is 0 Å². The smallest absolute Gasteiger partial charge is 0.481 e. The number of carboxylic acid groups (broad SMARTS) is 1. The monoisotopic (exact) mass is 295 g/mol. The summed E-state index contributed by atoms with van der Waals surface area (Å²) in [5.41, 5.74) is -2.91. The van der Waals surface area contributed by atoms with E-state index in [1.165, 1.54) is 0 Å². The van der Waals surface area contributed by atoms with Crippen LogP contribution >= 0.6 is 0 Å². The van der Waals surface area contributed by atoms with Gasteiger partial charge in [-0.25, -0.2) is 0 Å². The highest BCUT2D eigenvalue weighted by atomic mass is 19.4. The maximum absolute atomic E-state index is 12.7. The maximum atomic E-state index is 12.7. The molecular formula is C9H11F6NO3. The van der Waals surface area contributed by atoms with Crippen molar-refractivity contribution >= 4 is 5.97 Å². The molecule has 1 atom stereocenters. The number of halogens is 6. The normalized spacial score (nSPS) is 25.8. The molecule has 0 saturated carbocycles. The van der Waals surface area contributed by atoms with E-state index in [-0.39, 0.29) is 6.54 Å². The third-order valence-corrected chi connectivity index (χ3v) is 2.97. The third-order valence-electron chi connectivity index (χ3n) is 2.97. The molecular weight excluding hydrogens is 284 g/mol. The van der Waals surface area contributed by atoms with Gasteiger partial charge in [0, 0.05) is 13.1 Å². The number of alkyl halides is 6. The first kappa shape index (κ1) is 16.0. The lowest BCUT2D eigenvalue weighted by atomic mass is 9.86. The Labute approximate surface area is 103 Å². The number of carbonyl (C=O) groups is 1. The molecule has 0 aromatic rings. The Kier molecular flexibility index (Phi) is 4.35. The first-order valence-electron chi connectivity index (χ1n) is 5.21. The van der Waals surface area contributed by atoms with Crippen molar-refractivity contribution in [2.24, 2.45) is 5.41 Å². The molecule has 0 amide bonds. The molecule has 1 fully saturated rings. The number of hydrogen-bond acceptors (Lipinski definition) is 3. The van der Waals surface area contributed by atoms with Gasteiger partial charge in [0.05, 0.1) is 6.61 Å². The summed E-state index contributed by atoms with van der Waals surface area (Å²) < 4.78 is 76.7. The van der Waals surface area contributed by atoms with Gasteiger partial charge in [-0.2, -0.15) is 13.2 Å². The van der Waals surface area contributed by atoms with Crippen LogP contribution in [-0.2, 0) is 9.53 Å². The van der Waals surface area contributed by atoms with E-state index in [4.69, 9.17) is 5.11 Å². The predicted molar refractivity (Wildman–Crippen MR) is 49.2 cm³/mol. The Balaban J connectivity index is 2.59. The van der Waals surface area contributed by atoms with Crippen molar-refractivity contribution in [3.8, 4) is 0 Å². The van der Waals surface area contributed by atoms with Gasteiger partial charge in [-0.15, -0.1) is 13.2 Å². The standard InChI is InChI=1S/C9H11F6NO3/c10-8(11,12)7(6(17)18)1-2-16(5-7)3-4-19-9(13,14)15/h1-5H2,(H,17,18). The molecule has 0 radical (unpaired) electrons. The quantitative estimate of drug-likeness (QED) is 0.804. The second-order valence-electron chi connectivity index (χ2n) is 4.21. The fourth-order valence-corrected chi connectivity index (χ4v) is 1.90. The van der Waals surface area contributed by atoms with E-state index in [0.29, 0.717) is 0 Å². The molecule has 10 heteroatoms.